The number of aryl methyl sites for hydroxylation is 1. The van der Waals surface area contributed by atoms with Gasteiger partial charge in [0.15, 0.2) is 5.69 Å². The number of nitrogens with zero attached hydrogens (tertiary/aromatic N) is 4. The van der Waals surface area contributed by atoms with E-state index in [-0.39, 0.29) is 5.91 Å². The predicted octanol–water partition coefficient (Wildman–Crippen LogP) is 0.407. The molecule has 3 rings (SSSR count). The van der Waals surface area contributed by atoms with Gasteiger partial charge >= 0.3 is 0 Å². The molecule has 0 bridgehead atoms. The Hall–Kier alpha value is -2.31. The minimum absolute atomic E-state index is 0.136. The number of nitrogens with two attached hydrogens (primary N) is 1. The van der Waals surface area contributed by atoms with E-state index >= 15 is 0 Å². The third kappa shape index (κ3) is 1.87. The maximum atomic E-state index is 12.4. The lowest BCUT2D eigenvalue weighted by Gasteiger charge is -2.27. The zero-order chi connectivity index (χ0) is 13.4. The Morgan fingerprint density at radius 3 is 3.11 bits per heavy atom. The molecule has 0 fully saturated rings. The van der Waals surface area contributed by atoms with Gasteiger partial charge in [-0.05, 0) is 6.42 Å². The molecule has 0 aliphatic carbocycles. The highest BCUT2D eigenvalue weighted by molar-refractivity contribution is 5.97. The molecule has 0 saturated carbocycles. The lowest BCUT2D eigenvalue weighted by Crippen LogP contribution is -2.38. The van der Waals surface area contributed by atoms with E-state index in [1.807, 2.05) is 13.1 Å². The molecule has 0 aromatic carbocycles. The molecule has 0 spiro atoms. The van der Waals surface area contributed by atoms with E-state index in [9.17, 15) is 4.79 Å². The van der Waals surface area contributed by atoms with Crippen LogP contribution >= 0.6 is 0 Å². The van der Waals surface area contributed by atoms with Crippen molar-refractivity contribution in [1.29, 1.82) is 0 Å². The van der Waals surface area contributed by atoms with Crippen molar-refractivity contribution in [3.8, 4) is 0 Å². The van der Waals surface area contributed by atoms with Crippen LogP contribution in [-0.2, 0) is 19.5 Å². The summed E-state index contributed by atoms with van der Waals surface area (Å²) in [5, 5.41) is 6.85. The van der Waals surface area contributed by atoms with Crippen LogP contribution in [0.4, 0.5) is 5.69 Å². The fraction of sp³-hybridized carbons (Fsp3) is 0.417. The standard InChI is InChI=1S/C12H16N6O/c1-2-8-10(13)11(16-15-8)12(19)18-6-5-17-4-3-14-9(17)7-18/h3-4H,2,5-7,13H2,1H3,(H,15,16). The zero-order valence-corrected chi connectivity index (χ0v) is 10.8. The fourth-order valence-corrected chi connectivity index (χ4v) is 2.32. The number of fused-ring (bicyclic) bond motifs is 1. The van der Waals surface area contributed by atoms with Crippen molar-refractivity contribution < 1.29 is 4.79 Å². The molecule has 3 heterocycles. The topological polar surface area (TPSA) is 92.8 Å². The van der Waals surface area contributed by atoms with Gasteiger partial charge in [0.1, 0.15) is 5.82 Å². The van der Waals surface area contributed by atoms with E-state index in [0.717, 1.165) is 24.5 Å². The summed E-state index contributed by atoms with van der Waals surface area (Å²) in [7, 11) is 0. The average Bonchev–Trinajstić information content (AvgIpc) is 3.03. The summed E-state index contributed by atoms with van der Waals surface area (Å²) < 4.78 is 2.05. The van der Waals surface area contributed by atoms with Crippen LogP contribution in [0.2, 0.25) is 0 Å². The Morgan fingerprint density at radius 2 is 2.37 bits per heavy atom. The lowest BCUT2D eigenvalue weighted by atomic mass is 10.2. The number of aromatic nitrogens is 4. The fourth-order valence-electron chi connectivity index (χ4n) is 2.32. The number of carbonyl (C=O) groups excluding carboxylic acids is 1. The van der Waals surface area contributed by atoms with E-state index in [1.54, 1.807) is 11.1 Å². The van der Waals surface area contributed by atoms with Gasteiger partial charge in [-0.15, -0.1) is 0 Å². The van der Waals surface area contributed by atoms with E-state index in [1.165, 1.54) is 0 Å². The summed E-state index contributed by atoms with van der Waals surface area (Å²) in [6, 6.07) is 0. The molecule has 7 nitrogen and oxygen atoms in total. The second-order valence-corrected chi connectivity index (χ2v) is 4.58. The van der Waals surface area contributed by atoms with Crippen molar-refractivity contribution in [1.82, 2.24) is 24.6 Å². The Bertz CT molecular complexity index is 614. The summed E-state index contributed by atoms with van der Waals surface area (Å²) in [4.78, 5) is 18.4. The molecule has 0 radical (unpaired) electrons. The van der Waals surface area contributed by atoms with Crippen molar-refractivity contribution in [2.75, 3.05) is 12.3 Å². The number of H-pyrrole nitrogens is 1. The second-order valence-electron chi connectivity index (χ2n) is 4.58. The normalized spacial score (nSPS) is 14.5. The number of carbonyl (C=O) groups is 1. The first-order chi connectivity index (χ1) is 9.20. The zero-order valence-electron chi connectivity index (χ0n) is 10.8. The average molecular weight is 260 g/mol. The Morgan fingerprint density at radius 1 is 1.53 bits per heavy atom. The van der Waals surface area contributed by atoms with Gasteiger partial charge in [-0.3, -0.25) is 9.89 Å². The van der Waals surface area contributed by atoms with Crippen molar-refractivity contribution >= 4 is 11.6 Å². The molecular weight excluding hydrogens is 244 g/mol. The van der Waals surface area contributed by atoms with E-state index in [2.05, 4.69) is 19.7 Å². The first kappa shape index (κ1) is 11.8. The van der Waals surface area contributed by atoms with Crippen LogP contribution in [0.15, 0.2) is 12.4 Å². The van der Waals surface area contributed by atoms with Crippen LogP contribution in [0.3, 0.4) is 0 Å². The monoisotopic (exact) mass is 260 g/mol. The van der Waals surface area contributed by atoms with Crippen LogP contribution < -0.4 is 5.73 Å². The van der Waals surface area contributed by atoms with Gasteiger partial charge in [-0.2, -0.15) is 5.10 Å². The Balaban J connectivity index is 1.83. The summed E-state index contributed by atoms with van der Waals surface area (Å²) in [5.74, 6) is 0.757. The largest absolute Gasteiger partial charge is 0.395 e. The number of imidazole rings is 1. The molecule has 1 aliphatic rings. The quantitative estimate of drug-likeness (QED) is 0.817. The number of hydrogen-bond donors (Lipinski definition) is 2. The van der Waals surface area contributed by atoms with Gasteiger partial charge in [0, 0.05) is 25.5 Å². The molecule has 7 heteroatoms. The van der Waals surface area contributed by atoms with Crippen LogP contribution in [0.25, 0.3) is 0 Å². The molecule has 0 unspecified atom stereocenters. The number of nitrogen functional groups attached to an aromatic ring is 1. The van der Waals surface area contributed by atoms with Crippen molar-refractivity contribution in [3.05, 3.63) is 29.6 Å². The highest BCUT2D eigenvalue weighted by atomic mass is 16.2. The lowest BCUT2D eigenvalue weighted by molar-refractivity contribution is 0.0702. The van der Waals surface area contributed by atoms with Crippen molar-refractivity contribution in [2.24, 2.45) is 0 Å². The second kappa shape index (κ2) is 4.42. The van der Waals surface area contributed by atoms with Crippen LogP contribution in [-0.4, -0.2) is 37.1 Å². The molecule has 3 N–H and O–H groups in total. The van der Waals surface area contributed by atoms with Gasteiger partial charge < -0.3 is 15.2 Å². The third-order valence-corrected chi connectivity index (χ3v) is 3.47. The van der Waals surface area contributed by atoms with Crippen molar-refractivity contribution in [2.45, 2.75) is 26.4 Å². The van der Waals surface area contributed by atoms with E-state index in [0.29, 0.717) is 24.5 Å². The first-order valence-electron chi connectivity index (χ1n) is 6.32. The van der Waals surface area contributed by atoms with Gasteiger partial charge in [-0.1, -0.05) is 6.92 Å². The smallest absolute Gasteiger partial charge is 0.276 e. The van der Waals surface area contributed by atoms with Gasteiger partial charge in [0.25, 0.3) is 5.91 Å². The molecular formula is C12H16N6O. The SMILES string of the molecule is CCc1[nH]nc(C(=O)N2CCn3ccnc3C2)c1N. The van der Waals surface area contributed by atoms with Gasteiger partial charge in [-0.25, -0.2) is 4.98 Å². The highest BCUT2D eigenvalue weighted by Gasteiger charge is 2.26. The minimum Gasteiger partial charge on any atom is -0.395 e. The first-order valence-corrected chi connectivity index (χ1v) is 6.32. The number of nitrogens with one attached hydrogen (secondary N) is 1. The number of amides is 1. The molecule has 1 amide bonds. The minimum atomic E-state index is -0.136. The molecule has 2 aromatic rings. The maximum Gasteiger partial charge on any atom is 0.276 e. The third-order valence-electron chi connectivity index (χ3n) is 3.47. The predicted molar refractivity (Wildman–Crippen MR) is 69.3 cm³/mol. The summed E-state index contributed by atoms with van der Waals surface area (Å²) in [6.45, 7) is 3.87. The number of aromatic amines is 1. The molecule has 0 saturated heterocycles. The van der Waals surface area contributed by atoms with Gasteiger partial charge in [0.05, 0.1) is 17.9 Å². The van der Waals surface area contributed by atoms with Crippen LogP contribution in [0.5, 0.6) is 0 Å². The van der Waals surface area contributed by atoms with Crippen molar-refractivity contribution in [3.63, 3.8) is 0 Å². The molecule has 100 valence electrons. The van der Waals surface area contributed by atoms with E-state index < -0.39 is 0 Å². The summed E-state index contributed by atoms with van der Waals surface area (Å²) in [6.07, 6.45) is 4.41. The van der Waals surface area contributed by atoms with Crippen LogP contribution in [0.1, 0.15) is 28.9 Å². The number of hydrogen-bond acceptors (Lipinski definition) is 4. The number of rotatable bonds is 2. The molecule has 1 aliphatic heterocycles. The van der Waals surface area contributed by atoms with Crippen LogP contribution in [0, 0.1) is 0 Å². The highest BCUT2D eigenvalue weighted by Crippen LogP contribution is 2.19. The molecule has 0 atom stereocenters. The molecule has 19 heavy (non-hydrogen) atoms. The maximum absolute atomic E-state index is 12.4. The number of anilines is 1. The summed E-state index contributed by atoms with van der Waals surface area (Å²) in [5.41, 5.74) is 7.52. The molecule has 2 aromatic heterocycles. The summed E-state index contributed by atoms with van der Waals surface area (Å²) >= 11 is 0. The Kier molecular flexibility index (Phi) is 2.73. The Labute approximate surface area is 110 Å². The van der Waals surface area contributed by atoms with E-state index in [4.69, 9.17) is 5.73 Å². The van der Waals surface area contributed by atoms with Gasteiger partial charge in [0.2, 0.25) is 0 Å².